The van der Waals surface area contributed by atoms with Crippen LogP contribution in [-0.4, -0.2) is 54.8 Å². The number of hydrogen-bond donors (Lipinski definition) is 3. The first-order valence-electron chi connectivity index (χ1n) is 7.02. The molecule has 8 nitrogen and oxygen atoms in total. The van der Waals surface area contributed by atoms with E-state index >= 15 is 0 Å². The standard InChI is InChI=1S/C14H16N4O4S/c1-21-13(20)9-4-8(5-16-9)11-7-23-14(17-11)18-12(19)10-6-22-3-2-15-10/h4-5,7,10,15-16H,2-3,6H2,1H3,(H,17,18,19). The minimum Gasteiger partial charge on any atom is -0.464 e. The van der Waals surface area contributed by atoms with Gasteiger partial charge in [0.1, 0.15) is 11.7 Å². The number of H-pyrrole nitrogens is 1. The Morgan fingerprint density at radius 2 is 2.39 bits per heavy atom. The number of thiazole rings is 1. The third-order valence-corrected chi connectivity index (χ3v) is 4.11. The van der Waals surface area contributed by atoms with Crippen LogP contribution in [0.25, 0.3) is 11.3 Å². The number of anilines is 1. The van der Waals surface area contributed by atoms with Crippen molar-refractivity contribution in [1.82, 2.24) is 15.3 Å². The normalized spacial score (nSPS) is 17.7. The molecule has 0 aromatic carbocycles. The molecule has 1 unspecified atom stereocenters. The van der Waals surface area contributed by atoms with Crippen molar-refractivity contribution in [3.63, 3.8) is 0 Å². The highest BCUT2D eigenvalue weighted by atomic mass is 32.1. The number of ether oxygens (including phenoxy) is 2. The number of morpholine rings is 1. The Balaban J connectivity index is 1.66. The van der Waals surface area contributed by atoms with Crippen molar-refractivity contribution in [2.75, 3.05) is 32.2 Å². The van der Waals surface area contributed by atoms with Crippen LogP contribution in [0.1, 0.15) is 10.5 Å². The van der Waals surface area contributed by atoms with Gasteiger partial charge in [0.15, 0.2) is 5.13 Å². The number of aromatic nitrogens is 2. The Bertz CT molecular complexity index is 705. The predicted octanol–water partition coefficient (Wildman–Crippen LogP) is 0.852. The zero-order valence-electron chi connectivity index (χ0n) is 12.4. The van der Waals surface area contributed by atoms with E-state index in [1.54, 1.807) is 12.3 Å². The van der Waals surface area contributed by atoms with Gasteiger partial charge in [-0.2, -0.15) is 0 Å². The highest BCUT2D eigenvalue weighted by Gasteiger charge is 2.22. The lowest BCUT2D eigenvalue weighted by atomic mass is 10.2. The minimum atomic E-state index is -0.441. The summed E-state index contributed by atoms with van der Waals surface area (Å²) in [6.45, 7) is 1.62. The maximum atomic E-state index is 12.1. The largest absolute Gasteiger partial charge is 0.464 e. The number of carbonyl (C=O) groups excluding carboxylic acids is 2. The van der Waals surface area contributed by atoms with Crippen LogP contribution in [0, 0.1) is 0 Å². The second kappa shape index (κ2) is 6.90. The van der Waals surface area contributed by atoms with Crippen LogP contribution >= 0.6 is 11.3 Å². The molecule has 1 amide bonds. The lowest BCUT2D eigenvalue weighted by Crippen LogP contribution is -2.48. The summed E-state index contributed by atoms with van der Waals surface area (Å²) in [6, 6.07) is 1.29. The molecule has 0 spiro atoms. The Morgan fingerprint density at radius 1 is 1.52 bits per heavy atom. The molecule has 2 aromatic heterocycles. The van der Waals surface area contributed by atoms with E-state index in [0.29, 0.717) is 36.3 Å². The van der Waals surface area contributed by atoms with Crippen LogP contribution in [0.2, 0.25) is 0 Å². The summed E-state index contributed by atoms with van der Waals surface area (Å²) >= 11 is 1.32. The van der Waals surface area contributed by atoms with Crippen LogP contribution < -0.4 is 10.6 Å². The van der Waals surface area contributed by atoms with E-state index in [1.165, 1.54) is 18.4 Å². The molecule has 3 rings (SSSR count). The molecular formula is C14H16N4O4S. The van der Waals surface area contributed by atoms with Crippen LogP contribution in [0.3, 0.4) is 0 Å². The fourth-order valence-electron chi connectivity index (χ4n) is 2.16. The van der Waals surface area contributed by atoms with Gasteiger partial charge >= 0.3 is 5.97 Å². The molecule has 0 aliphatic carbocycles. The minimum absolute atomic E-state index is 0.171. The van der Waals surface area contributed by atoms with Crippen LogP contribution in [-0.2, 0) is 14.3 Å². The molecule has 1 aliphatic rings. The van der Waals surface area contributed by atoms with Crippen molar-refractivity contribution in [3.8, 4) is 11.3 Å². The molecule has 3 N–H and O–H groups in total. The quantitative estimate of drug-likeness (QED) is 0.715. The Kier molecular flexibility index (Phi) is 4.70. The molecule has 0 saturated carbocycles. The Morgan fingerprint density at radius 3 is 3.13 bits per heavy atom. The zero-order chi connectivity index (χ0) is 16.2. The first-order chi connectivity index (χ1) is 11.2. The van der Waals surface area contributed by atoms with Crippen molar-refractivity contribution >= 4 is 28.3 Å². The number of aromatic amines is 1. The molecular weight excluding hydrogens is 320 g/mol. The van der Waals surface area contributed by atoms with Gasteiger partial charge < -0.3 is 25.1 Å². The number of carbonyl (C=O) groups is 2. The van der Waals surface area contributed by atoms with E-state index < -0.39 is 5.97 Å². The number of rotatable bonds is 4. The lowest BCUT2D eigenvalue weighted by Gasteiger charge is -2.22. The average molecular weight is 336 g/mol. The Labute approximate surface area is 136 Å². The van der Waals surface area contributed by atoms with Crippen LogP contribution in [0.4, 0.5) is 5.13 Å². The third kappa shape index (κ3) is 3.58. The van der Waals surface area contributed by atoms with Gasteiger partial charge in [-0.25, -0.2) is 9.78 Å². The summed E-state index contributed by atoms with van der Waals surface area (Å²) in [7, 11) is 1.32. The molecule has 122 valence electrons. The van der Waals surface area contributed by atoms with Gasteiger partial charge in [0, 0.05) is 23.7 Å². The summed E-state index contributed by atoms with van der Waals surface area (Å²) < 4.78 is 9.91. The fraction of sp³-hybridized carbons (Fsp3) is 0.357. The topological polar surface area (TPSA) is 105 Å². The highest BCUT2D eigenvalue weighted by Crippen LogP contribution is 2.25. The molecule has 1 aliphatic heterocycles. The molecule has 1 saturated heterocycles. The van der Waals surface area contributed by atoms with Gasteiger partial charge in [0.05, 0.1) is 26.0 Å². The smallest absolute Gasteiger partial charge is 0.354 e. The summed E-state index contributed by atoms with van der Waals surface area (Å²) in [5.74, 6) is -0.613. The predicted molar refractivity (Wildman–Crippen MR) is 84.5 cm³/mol. The van der Waals surface area contributed by atoms with Gasteiger partial charge in [0.2, 0.25) is 5.91 Å². The van der Waals surface area contributed by atoms with E-state index in [-0.39, 0.29) is 11.9 Å². The molecule has 1 atom stereocenters. The highest BCUT2D eigenvalue weighted by molar-refractivity contribution is 7.14. The molecule has 1 fully saturated rings. The molecule has 0 radical (unpaired) electrons. The van der Waals surface area contributed by atoms with Gasteiger partial charge in [0.25, 0.3) is 0 Å². The third-order valence-electron chi connectivity index (χ3n) is 3.36. The summed E-state index contributed by atoms with van der Waals surface area (Å²) in [4.78, 5) is 30.7. The lowest BCUT2D eigenvalue weighted by molar-refractivity contribution is -0.120. The number of nitrogens with one attached hydrogen (secondary N) is 3. The van der Waals surface area contributed by atoms with Crippen molar-refractivity contribution in [2.24, 2.45) is 0 Å². The molecule has 3 heterocycles. The summed E-state index contributed by atoms with van der Waals surface area (Å²) in [5.41, 5.74) is 1.77. The maximum Gasteiger partial charge on any atom is 0.354 e. The van der Waals surface area contributed by atoms with Gasteiger partial charge in [-0.05, 0) is 6.07 Å². The van der Waals surface area contributed by atoms with Crippen molar-refractivity contribution in [2.45, 2.75) is 6.04 Å². The van der Waals surface area contributed by atoms with Crippen LogP contribution in [0.15, 0.2) is 17.6 Å². The SMILES string of the molecule is COC(=O)c1cc(-c2csc(NC(=O)C3COCCN3)n2)c[nH]1. The summed E-state index contributed by atoms with van der Waals surface area (Å²) in [5, 5.41) is 8.16. The fourth-order valence-corrected chi connectivity index (χ4v) is 2.88. The summed E-state index contributed by atoms with van der Waals surface area (Å²) in [6.07, 6.45) is 1.67. The Hall–Kier alpha value is -2.23. The monoisotopic (exact) mass is 336 g/mol. The number of nitrogens with zero attached hydrogens (tertiary/aromatic N) is 1. The van der Waals surface area contributed by atoms with Crippen molar-refractivity contribution in [1.29, 1.82) is 0 Å². The second-order valence-corrected chi connectivity index (χ2v) is 5.76. The number of methoxy groups -OCH3 is 1. The first-order valence-corrected chi connectivity index (χ1v) is 7.90. The first kappa shape index (κ1) is 15.7. The zero-order valence-corrected chi connectivity index (χ0v) is 13.2. The van der Waals surface area contributed by atoms with E-state index in [2.05, 4.69) is 25.3 Å². The molecule has 9 heteroatoms. The van der Waals surface area contributed by atoms with E-state index in [9.17, 15) is 9.59 Å². The van der Waals surface area contributed by atoms with Crippen molar-refractivity contribution in [3.05, 3.63) is 23.3 Å². The average Bonchev–Trinajstić information content (AvgIpc) is 3.24. The number of hydrogen-bond acceptors (Lipinski definition) is 7. The molecule has 0 bridgehead atoms. The molecule has 2 aromatic rings. The van der Waals surface area contributed by atoms with E-state index in [0.717, 1.165) is 5.56 Å². The van der Waals surface area contributed by atoms with Crippen molar-refractivity contribution < 1.29 is 19.1 Å². The maximum absolute atomic E-state index is 12.1. The molecule has 23 heavy (non-hydrogen) atoms. The van der Waals surface area contributed by atoms with E-state index in [4.69, 9.17) is 4.74 Å². The number of esters is 1. The number of amides is 1. The van der Waals surface area contributed by atoms with Gasteiger partial charge in [-0.1, -0.05) is 0 Å². The van der Waals surface area contributed by atoms with Crippen LogP contribution in [0.5, 0.6) is 0 Å². The van der Waals surface area contributed by atoms with Gasteiger partial charge in [-0.3, -0.25) is 4.79 Å². The second-order valence-electron chi connectivity index (χ2n) is 4.90. The van der Waals surface area contributed by atoms with Gasteiger partial charge in [-0.15, -0.1) is 11.3 Å². The van der Waals surface area contributed by atoms with E-state index in [1.807, 2.05) is 5.38 Å².